The van der Waals surface area contributed by atoms with Crippen molar-refractivity contribution >= 4 is 23.6 Å². The summed E-state index contributed by atoms with van der Waals surface area (Å²) in [6, 6.07) is 14.2. The zero-order valence-corrected chi connectivity index (χ0v) is 14.8. The van der Waals surface area contributed by atoms with Gasteiger partial charge in [-0.2, -0.15) is 0 Å². The number of amides is 2. The fourth-order valence-electron chi connectivity index (χ4n) is 2.21. The molecular weight excluding hydrogens is 332 g/mol. The van der Waals surface area contributed by atoms with Gasteiger partial charge in [0.2, 0.25) is 5.91 Å². The minimum atomic E-state index is -0.321. The van der Waals surface area contributed by atoms with E-state index in [0.29, 0.717) is 24.4 Å². The van der Waals surface area contributed by atoms with Gasteiger partial charge in [-0.15, -0.1) is 0 Å². The van der Waals surface area contributed by atoms with Crippen LogP contribution in [0.15, 0.2) is 54.6 Å². The molecule has 0 unspecified atom stereocenters. The number of rotatable bonds is 8. The molecule has 0 fully saturated rings. The van der Waals surface area contributed by atoms with Crippen molar-refractivity contribution in [1.82, 2.24) is 5.32 Å². The molecule has 2 aromatic rings. The predicted molar refractivity (Wildman–Crippen MR) is 101 cm³/mol. The van der Waals surface area contributed by atoms with Crippen LogP contribution in [0.2, 0.25) is 0 Å². The van der Waals surface area contributed by atoms with E-state index in [1.54, 1.807) is 44.6 Å². The molecule has 0 atom stereocenters. The second-order valence-corrected chi connectivity index (χ2v) is 5.39. The van der Waals surface area contributed by atoms with E-state index < -0.39 is 0 Å². The molecule has 0 bridgehead atoms. The summed E-state index contributed by atoms with van der Waals surface area (Å²) >= 11 is 0. The third kappa shape index (κ3) is 5.75. The lowest BCUT2D eigenvalue weighted by Crippen LogP contribution is -2.28. The molecule has 0 aliphatic carbocycles. The molecule has 0 heterocycles. The van der Waals surface area contributed by atoms with Crippen molar-refractivity contribution in [2.75, 3.05) is 32.7 Å². The maximum atomic E-state index is 12.2. The molecule has 0 saturated carbocycles. The monoisotopic (exact) mass is 354 g/mol. The van der Waals surface area contributed by atoms with E-state index in [9.17, 15) is 9.59 Å². The van der Waals surface area contributed by atoms with Gasteiger partial charge in [0.1, 0.15) is 5.75 Å². The van der Waals surface area contributed by atoms with E-state index >= 15 is 0 Å². The number of ether oxygens (including phenoxy) is 2. The zero-order chi connectivity index (χ0) is 18.8. The van der Waals surface area contributed by atoms with Crippen molar-refractivity contribution in [2.45, 2.75) is 0 Å². The first-order chi connectivity index (χ1) is 12.6. The van der Waals surface area contributed by atoms with Crippen LogP contribution in [0, 0.1) is 0 Å². The Morgan fingerprint density at radius 2 is 1.77 bits per heavy atom. The Morgan fingerprint density at radius 3 is 2.46 bits per heavy atom. The van der Waals surface area contributed by atoms with Crippen molar-refractivity contribution in [2.24, 2.45) is 0 Å². The first-order valence-corrected chi connectivity index (χ1v) is 8.13. The normalized spacial score (nSPS) is 10.5. The van der Waals surface area contributed by atoms with E-state index in [4.69, 9.17) is 9.47 Å². The van der Waals surface area contributed by atoms with Crippen molar-refractivity contribution in [3.05, 3.63) is 65.7 Å². The van der Waals surface area contributed by atoms with E-state index in [1.807, 2.05) is 24.3 Å². The summed E-state index contributed by atoms with van der Waals surface area (Å²) in [6.45, 7) is 0.819. The maximum Gasteiger partial charge on any atom is 0.253 e. The maximum absolute atomic E-state index is 12.2. The Morgan fingerprint density at radius 1 is 1.04 bits per heavy atom. The van der Waals surface area contributed by atoms with Crippen LogP contribution in [-0.2, 0) is 9.53 Å². The molecule has 0 radical (unpaired) electrons. The summed E-state index contributed by atoms with van der Waals surface area (Å²) in [4.78, 5) is 24.4. The molecule has 0 spiro atoms. The van der Waals surface area contributed by atoms with Gasteiger partial charge in [0, 0.05) is 19.7 Å². The first kappa shape index (κ1) is 19.2. The number of carbonyl (C=O) groups excluding carboxylic acids is 2. The number of carbonyl (C=O) groups is 2. The van der Waals surface area contributed by atoms with Gasteiger partial charge < -0.3 is 20.1 Å². The SMILES string of the molecule is COCCNC(=O)c1ccccc1NC(=O)/C=C/c1ccc(OC)cc1. The summed E-state index contributed by atoms with van der Waals surface area (Å²) < 4.78 is 10.0. The van der Waals surface area contributed by atoms with Crippen molar-refractivity contribution in [1.29, 1.82) is 0 Å². The van der Waals surface area contributed by atoms with Gasteiger partial charge in [-0.1, -0.05) is 24.3 Å². The van der Waals surface area contributed by atoms with E-state index in [-0.39, 0.29) is 11.8 Å². The molecule has 0 aromatic heterocycles. The minimum absolute atomic E-state index is 0.267. The second-order valence-electron chi connectivity index (χ2n) is 5.39. The molecule has 6 nitrogen and oxygen atoms in total. The minimum Gasteiger partial charge on any atom is -0.497 e. The first-order valence-electron chi connectivity index (χ1n) is 8.13. The largest absolute Gasteiger partial charge is 0.497 e. The van der Waals surface area contributed by atoms with Gasteiger partial charge >= 0.3 is 0 Å². The van der Waals surface area contributed by atoms with E-state index in [2.05, 4.69) is 10.6 Å². The lowest BCUT2D eigenvalue weighted by atomic mass is 10.1. The van der Waals surface area contributed by atoms with Crippen LogP contribution in [0.5, 0.6) is 5.75 Å². The molecule has 0 saturated heterocycles. The number of hydrogen-bond acceptors (Lipinski definition) is 4. The van der Waals surface area contributed by atoms with Crippen LogP contribution in [-0.4, -0.2) is 39.2 Å². The topological polar surface area (TPSA) is 76.7 Å². The van der Waals surface area contributed by atoms with E-state index in [1.165, 1.54) is 6.08 Å². The third-order valence-corrected chi connectivity index (χ3v) is 3.56. The van der Waals surface area contributed by atoms with Crippen LogP contribution in [0.1, 0.15) is 15.9 Å². The van der Waals surface area contributed by atoms with Gasteiger partial charge in [0.25, 0.3) is 5.91 Å². The Hall–Kier alpha value is -3.12. The highest BCUT2D eigenvalue weighted by Gasteiger charge is 2.11. The average molecular weight is 354 g/mol. The Balaban J connectivity index is 2.01. The molecular formula is C20H22N2O4. The molecule has 26 heavy (non-hydrogen) atoms. The van der Waals surface area contributed by atoms with Crippen LogP contribution in [0.4, 0.5) is 5.69 Å². The molecule has 6 heteroatoms. The van der Waals surface area contributed by atoms with Gasteiger partial charge in [-0.3, -0.25) is 9.59 Å². The lowest BCUT2D eigenvalue weighted by Gasteiger charge is -2.10. The van der Waals surface area contributed by atoms with Gasteiger partial charge in [-0.25, -0.2) is 0 Å². The molecule has 2 rings (SSSR count). The standard InChI is InChI=1S/C20H22N2O4/c1-25-14-13-21-20(24)17-5-3-4-6-18(17)22-19(23)12-9-15-7-10-16(26-2)11-8-15/h3-12H,13-14H2,1-2H3,(H,21,24)(H,22,23)/b12-9+. The molecule has 0 aliphatic rings. The predicted octanol–water partition coefficient (Wildman–Crippen LogP) is 2.72. The lowest BCUT2D eigenvalue weighted by molar-refractivity contribution is -0.111. The summed E-state index contributed by atoms with van der Waals surface area (Å²) in [5, 5.41) is 5.47. The fourth-order valence-corrected chi connectivity index (χ4v) is 2.21. The Bertz CT molecular complexity index is 770. The summed E-state index contributed by atoms with van der Waals surface area (Å²) in [7, 11) is 3.16. The third-order valence-electron chi connectivity index (χ3n) is 3.56. The van der Waals surface area contributed by atoms with Crippen molar-refractivity contribution in [3.8, 4) is 5.75 Å². The number of methoxy groups -OCH3 is 2. The van der Waals surface area contributed by atoms with Gasteiger partial charge in [-0.05, 0) is 35.9 Å². The highest BCUT2D eigenvalue weighted by molar-refractivity contribution is 6.07. The van der Waals surface area contributed by atoms with Crippen LogP contribution in [0.25, 0.3) is 6.08 Å². The number of para-hydroxylation sites is 1. The van der Waals surface area contributed by atoms with Crippen LogP contribution >= 0.6 is 0 Å². The number of nitrogens with one attached hydrogen (secondary N) is 2. The zero-order valence-electron chi connectivity index (χ0n) is 14.8. The number of benzene rings is 2. The second kappa shape index (κ2) is 10.0. The van der Waals surface area contributed by atoms with E-state index in [0.717, 1.165) is 11.3 Å². The summed E-state index contributed by atoms with van der Waals surface area (Å²) in [6.07, 6.45) is 3.11. The Kier molecular flexibility index (Phi) is 7.39. The molecule has 2 amide bonds. The van der Waals surface area contributed by atoms with Gasteiger partial charge in [0.15, 0.2) is 0 Å². The number of hydrogen-bond donors (Lipinski definition) is 2. The quantitative estimate of drug-likeness (QED) is 0.564. The molecule has 2 aromatic carbocycles. The summed E-state index contributed by atoms with van der Waals surface area (Å²) in [5.41, 5.74) is 1.72. The number of anilines is 1. The van der Waals surface area contributed by atoms with Crippen molar-refractivity contribution in [3.63, 3.8) is 0 Å². The Labute approximate surface area is 152 Å². The molecule has 136 valence electrons. The summed E-state index contributed by atoms with van der Waals surface area (Å²) in [5.74, 6) is 0.162. The molecule has 0 aliphatic heterocycles. The highest BCUT2D eigenvalue weighted by Crippen LogP contribution is 2.16. The van der Waals surface area contributed by atoms with Crippen molar-refractivity contribution < 1.29 is 19.1 Å². The molecule has 2 N–H and O–H groups in total. The average Bonchev–Trinajstić information content (AvgIpc) is 2.67. The highest BCUT2D eigenvalue weighted by atomic mass is 16.5. The van der Waals surface area contributed by atoms with Gasteiger partial charge in [0.05, 0.1) is 25.0 Å². The fraction of sp³-hybridized carbons (Fsp3) is 0.200. The van der Waals surface area contributed by atoms with Crippen LogP contribution in [0.3, 0.4) is 0 Å². The van der Waals surface area contributed by atoms with Crippen LogP contribution < -0.4 is 15.4 Å². The smallest absolute Gasteiger partial charge is 0.253 e.